The van der Waals surface area contributed by atoms with Crippen molar-refractivity contribution in [1.29, 1.82) is 0 Å². The average Bonchev–Trinajstić information content (AvgIpc) is 2.59. The molecule has 2 rings (SSSR count). The Morgan fingerprint density at radius 2 is 2.08 bits per heavy atom. The zero-order valence-electron chi connectivity index (χ0n) is 14.1. The van der Waals surface area contributed by atoms with Crippen LogP contribution in [-0.2, 0) is 6.18 Å². The molecule has 0 spiro atoms. The Kier molecular flexibility index (Phi) is 5.99. The van der Waals surface area contributed by atoms with Gasteiger partial charge in [-0.2, -0.15) is 13.2 Å². The molecule has 0 saturated heterocycles. The molecule has 0 unspecified atom stereocenters. The van der Waals surface area contributed by atoms with E-state index in [1.54, 1.807) is 13.0 Å². The third-order valence-corrected chi connectivity index (χ3v) is 3.51. The summed E-state index contributed by atoms with van der Waals surface area (Å²) < 4.78 is 39.1. The summed E-state index contributed by atoms with van der Waals surface area (Å²) in [7, 11) is 0. The molecule has 0 radical (unpaired) electrons. The molecule has 0 bridgehead atoms. The average molecular weight is 364 g/mol. The lowest BCUT2D eigenvalue weighted by atomic mass is 10.1. The van der Waals surface area contributed by atoms with Crippen molar-refractivity contribution in [2.24, 2.45) is 5.73 Å². The van der Waals surface area contributed by atoms with Crippen LogP contribution >= 0.6 is 0 Å². The highest BCUT2D eigenvalue weighted by Crippen LogP contribution is 2.33. The molecule has 0 atom stereocenters. The summed E-state index contributed by atoms with van der Waals surface area (Å²) in [5.74, 6) is 0.248. The van der Waals surface area contributed by atoms with E-state index in [-0.39, 0.29) is 22.7 Å². The van der Waals surface area contributed by atoms with Crippen LogP contribution < -0.4 is 11.1 Å². The van der Waals surface area contributed by atoms with Crippen molar-refractivity contribution < 1.29 is 18.3 Å². The summed E-state index contributed by atoms with van der Waals surface area (Å²) in [6, 6.07) is 3.23. The number of hydrogen-bond acceptors (Lipinski definition) is 5. The van der Waals surface area contributed by atoms with Crippen molar-refractivity contribution in [3.63, 3.8) is 0 Å². The molecule has 5 nitrogen and oxygen atoms in total. The molecule has 0 aliphatic heterocycles. The second kappa shape index (κ2) is 8.01. The molecule has 26 heavy (non-hydrogen) atoms. The Bertz CT molecular complexity index is 873. The first-order valence-corrected chi connectivity index (χ1v) is 7.83. The Balaban J connectivity index is 2.74. The van der Waals surface area contributed by atoms with Gasteiger partial charge in [0.2, 0.25) is 0 Å². The normalized spacial score (nSPS) is 13.1. The summed E-state index contributed by atoms with van der Waals surface area (Å²) in [6.07, 6.45) is -0.121. The van der Waals surface area contributed by atoms with E-state index < -0.39 is 11.7 Å². The van der Waals surface area contributed by atoms with Gasteiger partial charge in [-0.15, -0.1) is 0 Å². The van der Waals surface area contributed by atoms with E-state index in [0.717, 1.165) is 12.1 Å². The van der Waals surface area contributed by atoms with Crippen molar-refractivity contribution in [3.8, 4) is 0 Å². The molecule has 0 saturated carbocycles. The molecule has 1 aromatic heterocycles. The molecule has 8 heteroatoms. The lowest BCUT2D eigenvalue weighted by Crippen LogP contribution is -2.15. The lowest BCUT2D eigenvalue weighted by molar-refractivity contribution is -0.137. The summed E-state index contributed by atoms with van der Waals surface area (Å²) in [6.45, 7) is 6.02. The van der Waals surface area contributed by atoms with Gasteiger partial charge in [0.15, 0.2) is 5.82 Å². The third-order valence-electron chi connectivity index (χ3n) is 3.51. The van der Waals surface area contributed by atoms with E-state index >= 15 is 0 Å². The number of anilines is 1. The first-order chi connectivity index (χ1) is 12.3. The van der Waals surface area contributed by atoms with Gasteiger partial charge in [-0.1, -0.05) is 18.7 Å². The largest absolute Gasteiger partial charge is 0.507 e. The van der Waals surface area contributed by atoms with E-state index in [0.29, 0.717) is 24.3 Å². The standard InChI is InChI=1S/C18H19F3N4O/c1-3-5-15(26)12(4-2)17-24-14-10-11(18(19,20)21)6-7-13(14)16(25-17)23-9-8-22/h3-7,10,26H,2,8-9,22H2,1H3,(H,23,24,25)/b5-3-,15-12-. The van der Waals surface area contributed by atoms with Crippen LogP contribution in [0, 0.1) is 0 Å². The maximum absolute atomic E-state index is 13.0. The number of rotatable bonds is 6. The van der Waals surface area contributed by atoms with Crippen molar-refractivity contribution in [2.75, 3.05) is 18.4 Å². The van der Waals surface area contributed by atoms with Crippen LogP contribution in [-0.4, -0.2) is 28.2 Å². The number of halogens is 3. The minimum absolute atomic E-state index is 0.0574. The van der Waals surface area contributed by atoms with E-state index in [9.17, 15) is 18.3 Å². The molecule has 4 N–H and O–H groups in total. The summed E-state index contributed by atoms with van der Waals surface area (Å²) in [5.41, 5.74) is 4.97. The molecule has 2 aromatic rings. The van der Waals surface area contributed by atoms with Gasteiger partial charge in [0.25, 0.3) is 0 Å². The maximum Gasteiger partial charge on any atom is 0.416 e. The van der Waals surface area contributed by atoms with Gasteiger partial charge in [-0.25, -0.2) is 9.97 Å². The predicted octanol–water partition coefficient (Wildman–Crippen LogP) is 4.05. The number of aromatic nitrogens is 2. The SMILES string of the molecule is C=C/C(=C(O)\C=C/C)c1nc(NCCN)c2ccc(C(F)(F)F)cc2n1. The Hall–Kier alpha value is -2.87. The first-order valence-electron chi connectivity index (χ1n) is 7.83. The van der Waals surface area contributed by atoms with E-state index in [1.165, 1.54) is 18.2 Å². The fourth-order valence-corrected chi connectivity index (χ4v) is 2.31. The molecule has 138 valence electrons. The van der Waals surface area contributed by atoms with E-state index in [2.05, 4.69) is 21.9 Å². The molecule has 0 aliphatic rings. The highest BCUT2D eigenvalue weighted by atomic mass is 19.4. The van der Waals surface area contributed by atoms with Crippen LogP contribution in [0.3, 0.4) is 0 Å². The zero-order chi connectivity index (χ0) is 19.3. The molecular formula is C18H19F3N4O. The predicted molar refractivity (Wildman–Crippen MR) is 96.6 cm³/mol. The quantitative estimate of drug-likeness (QED) is 0.532. The lowest BCUT2D eigenvalue weighted by Gasteiger charge is -2.13. The van der Waals surface area contributed by atoms with Crippen molar-refractivity contribution in [1.82, 2.24) is 9.97 Å². The summed E-state index contributed by atoms with van der Waals surface area (Å²) in [4.78, 5) is 8.51. The molecular weight excluding hydrogens is 345 g/mol. The highest BCUT2D eigenvalue weighted by Gasteiger charge is 2.31. The molecule has 0 amide bonds. The molecule has 1 aromatic carbocycles. The smallest absolute Gasteiger partial charge is 0.416 e. The van der Waals surface area contributed by atoms with Crippen LogP contribution in [0.4, 0.5) is 19.0 Å². The zero-order valence-corrected chi connectivity index (χ0v) is 14.1. The molecule has 0 fully saturated rings. The second-order valence-corrected chi connectivity index (χ2v) is 5.34. The number of aliphatic hydroxyl groups excluding tert-OH is 1. The number of fused-ring (bicyclic) bond motifs is 1. The fourth-order valence-electron chi connectivity index (χ4n) is 2.31. The van der Waals surface area contributed by atoms with Crippen molar-refractivity contribution >= 4 is 22.3 Å². The molecule has 1 heterocycles. The number of alkyl halides is 3. The van der Waals surface area contributed by atoms with Gasteiger partial charge >= 0.3 is 6.18 Å². The Labute approximate surface area is 148 Å². The number of benzene rings is 1. The third kappa shape index (κ3) is 4.20. The van der Waals surface area contributed by atoms with Gasteiger partial charge in [0, 0.05) is 18.5 Å². The van der Waals surface area contributed by atoms with Gasteiger partial charge in [0.05, 0.1) is 16.7 Å². The van der Waals surface area contributed by atoms with Gasteiger partial charge in [-0.05, 0) is 31.2 Å². The summed E-state index contributed by atoms with van der Waals surface area (Å²) in [5, 5.41) is 13.5. The van der Waals surface area contributed by atoms with Crippen LogP contribution in [0.15, 0.2) is 48.8 Å². The van der Waals surface area contributed by atoms with E-state index in [4.69, 9.17) is 5.73 Å². The number of nitrogens with two attached hydrogens (primary N) is 1. The Morgan fingerprint density at radius 1 is 1.35 bits per heavy atom. The van der Waals surface area contributed by atoms with E-state index in [1.807, 2.05) is 0 Å². The van der Waals surface area contributed by atoms with Gasteiger partial charge < -0.3 is 16.2 Å². The van der Waals surface area contributed by atoms with Crippen LogP contribution in [0.5, 0.6) is 0 Å². The topological polar surface area (TPSA) is 84.1 Å². The minimum Gasteiger partial charge on any atom is -0.507 e. The van der Waals surface area contributed by atoms with Gasteiger partial charge in [0.1, 0.15) is 11.6 Å². The number of aliphatic hydroxyl groups is 1. The maximum atomic E-state index is 13.0. The van der Waals surface area contributed by atoms with Crippen LogP contribution in [0.1, 0.15) is 18.3 Å². The number of nitrogens with zero attached hydrogens (tertiary/aromatic N) is 2. The molecule has 0 aliphatic carbocycles. The van der Waals surface area contributed by atoms with Crippen molar-refractivity contribution in [3.05, 3.63) is 60.2 Å². The Morgan fingerprint density at radius 3 is 2.65 bits per heavy atom. The number of hydrogen-bond donors (Lipinski definition) is 3. The van der Waals surface area contributed by atoms with Crippen molar-refractivity contribution in [2.45, 2.75) is 13.1 Å². The highest BCUT2D eigenvalue weighted by molar-refractivity contribution is 5.91. The fraction of sp³-hybridized carbons (Fsp3) is 0.222. The first kappa shape index (κ1) is 19.5. The minimum atomic E-state index is -4.49. The summed E-state index contributed by atoms with van der Waals surface area (Å²) >= 11 is 0. The van der Waals surface area contributed by atoms with Crippen LogP contribution in [0.2, 0.25) is 0 Å². The second-order valence-electron chi connectivity index (χ2n) is 5.34. The van der Waals surface area contributed by atoms with Crippen LogP contribution in [0.25, 0.3) is 16.5 Å². The number of allylic oxidation sites excluding steroid dienone is 4. The van der Waals surface area contributed by atoms with Gasteiger partial charge in [-0.3, -0.25) is 0 Å². The monoisotopic (exact) mass is 364 g/mol. The number of nitrogens with one attached hydrogen (secondary N) is 1.